The van der Waals surface area contributed by atoms with Crippen molar-refractivity contribution < 1.29 is 4.79 Å². The van der Waals surface area contributed by atoms with Crippen LogP contribution in [0.4, 0.5) is 5.69 Å². The van der Waals surface area contributed by atoms with Crippen LogP contribution in [0.5, 0.6) is 0 Å². The topological polar surface area (TPSA) is 84.1 Å². The number of thioether (sulfide) groups is 1. The van der Waals surface area contributed by atoms with Crippen LogP contribution in [0.25, 0.3) is 11.0 Å². The first-order chi connectivity index (χ1) is 9.71. The van der Waals surface area contributed by atoms with Crippen molar-refractivity contribution in [1.29, 1.82) is 0 Å². The molecule has 0 atom stereocenters. The highest BCUT2D eigenvalue weighted by molar-refractivity contribution is 8.18. The van der Waals surface area contributed by atoms with Gasteiger partial charge in [-0.2, -0.15) is 0 Å². The second kappa shape index (κ2) is 6.38. The average molecular weight is 288 g/mol. The van der Waals surface area contributed by atoms with Crippen molar-refractivity contribution in [2.24, 2.45) is 4.99 Å². The SMILES string of the molecule is CC/C=C(/C=O)SC(=NC)c1cnc2[nH]ccc2c1N. The van der Waals surface area contributed by atoms with E-state index in [1.165, 1.54) is 11.8 Å². The third-order valence-corrected chi connectivity index (χ3v) is 3.89. The molecule has 2 heterocycles. The number of aliphatic imine (C=N–C) groups is 1. The molecule has 0 aliphatic heterocycles. The summed E-state index contributed by atoms with van der Waals surface area (Å²) < 4.78 is 0. The quantitative estimate of drug-likeness (QED) is 0.392. The average Bonchev–Trinajstić information content (AvgIpc) is 2.94. The highest BCUT2D eigenvalue weighted by Gasteiger charge is 2.13. The number of H-pyrrole nitrogens is 1. The number of carbonyl (C=O) groups is 1. The van der Waals surface area contributed by atoms with Crippen molar-refractivity contribution in [3.8, 4) is 0 Å². The summed E-state index contributed by atoms with van der Waals surface area (Å²) in [6.45, 7) is 1.98. The highest BCUT2D eigenvalue weighted by atomic mass is 32.2. The summed E-state index contributed by atoms with van der Waals surface area (Å²) in [5.74, 6) is 0. The first kappa shape index (κ1) is 14.3. The first-order valence-corrected chi connectivity index (χ1v) is 7.04. The van der Waals surface area contributed by atoms with Crippen LogP contribution in [0.15, 0.2) is 34.4 Å². The molecule has 0 saturated carbocycles. The number of aromatic amines is 1. The summed E-state index contributed by atoms with van der Waals surface area (Å²) in [7, 11) is 1.68. The molecule has 2 aromatic heterocycles. The zero-order chi connectivity index (χ0) is 14.5. The van der Waals surface area contributed by atoms with E-state index in [0.717, 1.165) is 29.3 Å². The molecule has 0 amide bonds. The molecule has 5 nitrogen and oxygen atoms in total. The van der Waals surface area contributed by atoms with Gasteiger partial charge in [0.05, 0.1) is 5.69 Å². The number of hydrogen-bond acceptors (Lipinski definition) is 5. The number of hydrogen-bond donors (Lipinski definition) is 2. The summed E-state index contributed by atoms with van der Waals surface area (Å²) in [6.07, 6.45) is 6.96. The minimum Gasteiger partial charge on any atom is -0.398 e. The molecule has 0 fully saturated rings. The van der Waals surface area contributed by atoms with Crippen LogP contribution in [0, 0.1) is 0 Å². The molecule has 0 unspecified atom stereocenters. The van der Waals surface area contributed by atoms with Crippen molar-refractivity contribution in [3.05, 3.63) is 35.0 Å². The molecular formula is C14H16N4OS. The predicted molar refractivity (Wildman–Crippen MR) is 85.0 cm³/mol. The summed E-state index contributed by atoms with van der Waals surface area (Å²) in [6, 6.07) is 1.88. The Labute approximate surface area is 121 Å². The van der Waals surface area contributed by atoms with E-state index >= 15 is 0 Å². The second-order valence-corrected chi connectivity index (χ2v) is 5.15. The number of nitrogen functional groups attached to an aromatic ring is 1. The lowest BCUT2D eigenvalue weighted by Crippen LogP contribution is -2.04. The molecule has 0 aromatic carbocycles. The number of aromatic nitrogens is 2. The molecule has 20 heavy (non-hydrogen) atoms. The van der Waals surface area contributed by atoms with Gasteiger partial charge in [-0.15, -0.1) is 0 Å². The van der Waals surface area contributed by atoms with Crippen LogP contribution in [-0.4, -0.2) is 28.3 Å². The molecule has 2 rings (SSSR count). The lowest BCUT2D eigenvalue weighted by molar-refractivity contribution is -0.104. The van der Waals surface area contributed by atoms with Crippen molar-refractivity contribution in [1.82, 2.24) is 9.97 Å². The number of allylic oxidation sites excluding steroid dienone is 2. The van der Waals surface area contributed by atoms with Gasteiger partial charge in [-0.25, -0.2) is 4.98 Å². The minimum absolute atomic E-state index is 0.617. The van der Waals surface area contributed by atoms with Crippen LogP contribution in [0.1, 0.15) is 18.9 Å². The number of pyridine rings is 1. The fourth-order valence-electron chi connectivity index (χ4n) is 1.85. The smallest absolute Gasteiger partial charge is 0.156 e. The van der Waals surface area contributed by atoms with Gasteiger partial charge in [-0.1, -0.05) is 24.8 Å². The van der Waals surface area contributed by atoms with E-state index in [1.54, 1.807) is 19.4 Å². The van der Waals surface area contributed by atoms with Gasteiger partial charge in [0.2, 0.25) is 0 Å². The Morgan fingerprint density at radius 1 is 1.60 bits per heavy atom. The molecule has 0 radical (unpaired) electrons. The molecule has 2 aromatic rings. The molecule has 0 bridgehead atoms. The summed E-state index contributed by atoms with van der Waals surface area (Å²) >= 11 is 1.31. The molecular weight excluding hydrogens is 272 g/mol. The fourth-order valence-corrected chi connectivity index (χ4v) is 2.73. The molecule has 0 aliphatic rings. The van der Waals surface area contributed by atoms with Gasteiger partial charge < -0.3 is 10.7 Å². The van der Waals surface area contributed by atoms with Crippen LogP contribution in [0.3, 0.4) is 0 Å². The third kappa shape index (κ3) is 2.75. The van der Waals surface area contributed by atoms with E-state index in [0.29, 0.717) is 15.6 Å². The number of aldehydes is 1. The third-order valence-electron chi connectivity index (χ3n) is 2.80. The molecule has 0 aliphatic carbocycles. The van der Waals surface area contributed by atoms with E-state index in [-0.39, 0.29) is 0 Å². The largest absolute Gasteiger partial charge is 0.398 e. The second-order valence-electron chi connectivity index (χ2n) is 4.09. The molecule has 6 heteroatoms. The van der Waals surface area contributed by atoms with Crippen LogP contribution in [0.2, 0.25) is 0 Å². The van der Waals surface area contributed by atoms with E-state index in [2.05, 4.69) is 15.0 Å². The van der Waals surface area contributed by atoms with Crippen molar-refractivity contribution in [2.45, 2.75) is 13.3 Å². The van der Waals surface area contributed by atoms with Gasteiger partial charge >= 0.3 is 0 Å². The van der Waals surface area contributed by atoms with Crippen LogP contribution >= 0.6 is 11.8 Å². The van der Waals surface area contributed by atoms with Gasteiger partial charge in [0.25, 0.3) is 0 Å². The van der Waals surface area contributed by atoms with E-state index in [1.807, 2.05) is 19.1 Å². The number of fused-ring (bicyclic) bond motifs is 1. The summed E-state index contributed by atoms with van der Waals surface area (Å²) in [5.41, 5.74) is 8.27. The number of nitrogens with one attached hydrogen (secondary N) is 1. The number of nitrogens with two attached hydrogens (primary N) is 1. The molecule has 0 spiro atoms. The Bertz CT molecular complexity index is 688. The summed E-state index contributed by atoms with van der Waals surface area (Å²) in [4.78, 5) is 23.2. The summed E-state index contributed by atoms with van der Waals surface area (Å²) in [5, 5.41) is 1.54. The zero-order valence-electron chi connectivity index (χ0n) is 11.4. The Balaban J connectivity index is 2.42. The van der Waals surface area contributed by atoms with Gasteiger partial charge in [-0.05, 0) is 12.5 Å². The maximum atomic E-state index is 11.0. The molecule has 104 valence electrons. The molecule has 0 saturated heterocycles. The van der Waals surface area contributed by atoms with E-state index in [9.17, 15) is 4.79 Å². The number of rotatable bonds is 4. The van der Waals surface area contributed by atoms with Gasteiger partial charge in [0.15, 0.2) is 6.29 Å². The van der Waals surface area contributed by atoms with Crippen LogP contribution in [-0.2, 0) is 4.79 Å². The van der Waals surface area contributed by atoms with Crippen molar-refractivity contribution in [2.75, 3.05) is 12.8 Å². The zero-order valence-corrected chi connectivity index (χ0v) is 12.2. The Kier molecular flexibility index (Phi) is 4.57. The minimum atomic E-state index is 0.617. The maximum Gasteiger partial charge on any atom is 0.156 e. The molecule has 3 N–H and O–H groups in total. The Hall–Kier alpha value is -2.08. The number of anilines is 1. The maximum absolute atomic E-state index is 11.0. The Morgan fingerprint density at radius 2 is 2.40 bits per heavy atom. The highest BCUT2D eigenvalue weighted by Crippen LogP contribution is 2.28. The normalized spacial score (nSPS) is 12.9. The van der Waals surface area contributed by atoms with Gasteiger partial charge in [0, 0.05) is 35.3 Å². The van der Waals surface area contributed by atoms with Crippen LogP contribution < -0.4 is 5.73 Å². The monoisotopic (exact) mass is 288 g/mol. The van der Waals surface area contributed by atoms with Gasteiger partial charge in [0.1, 0.15) is 10.7 Å². The lowest BCUT2D eigenvalue weighted by Gasteiger charge is -2.08. The number of nitrogens with zero attached hydrogens (tertiary/aromatic N) is 2. The standard InChI is InChI=1S/C14H16N4OS/c1-3-4-9(8-19)20-14(16-2)11-7-18-13-10(12(11)15)5-6-17-13/h4-8H,3H2,1-2H3,(H3,15,17,18)/b9-4-,16-14?. The number of carbonyl (C=O) groups excluding carboxylic acids is 1. The lowest BCUT2D eigenvalue weighted by atomic mass is 10.2. The predicted octanol–water partition coefficient (Wildman–Crippen LogP) is 2.75. The fraction of sp³-hybridized carbons (Fsp3) is 0.214. The van der Waals surface area contributed by atoms with Crippen molar-refractivity contribution in [3.63, 3.8) is 0 Å². The van der Waals surface area contributed by atoms with Crippen molar-refractivity contribution >= 4 is 39.8 Å². The van der Waals surface area contributed by atoms with Gasteiger partial charge in [-0.3, -0.25) is 9.79 Å². The van der Waals surface area contributed by atoms with E-state index in [4.69, 9.17) is 5.73 Å². The first-order valence-electron chi connectivity index (χ1n) is 6.23. The van der Waals surface area contributed by atoms with E-state index < -0.39 is 0 Å². The Morgan fingerprint density at radius 3 is 3.05 bits per heavy atom.